The third-order valence-electron chi connectivity index (χ3n) is 1.28. The van der Waals surface area contributed by atoms with Crippen LogP contribution in [0.3, 0.4) is 0 Å². The van der Waals surface area contributed by atoms with Gasteiger partial charge in [-0.2, -0.15) is 0 Å². The molecule has 0 aliphatic rings. The lowest BCUT2D eigenvalue weighted by molar-refractivity contribution is 0.186. The summed E-state index contributed by atoms with van der Waals surface area (Å²) in [6.07, 6.45) is -1.04. The van der Waals surface area contributed by atoms with Crippen LogP contribution in [0.1, 0.15) is 11.8 Å². The van der Waals surface area contributed by atoms with E-state index in [2.05, 4.69) is 0 Å². The topological polar surface area (TPSA) is 46.2 Å². The first-order valence-electron chi connectivity index (χ1n) is 3.00. The van der Waals surface area contributed by atoms with Crippen LogP contribution in [0.25, 0.3) is 0 Å². The van der Waals surface area contributed by atoms with Gasteiger partial charge in [-0.1, -0.05) is 29.3 Å². The van der Waals surface area contributed by atoms with Gasteiger partial charge in [0.05, 0.1) is 0 Å². The van der Waals surface area contributed by atoms with Gasteiger partial charge in [0, 0.05) is 15.6 Å². The molecule has 0 bridgehead atoms. The predicted octanol–water partition coefficient (Wildman–Crippen LogP) is 1.94. The second-order valence-electron chi connectivity index (χ2n) is 2.11. The molecule has 1 unspecified atom stereocenters. The number of nitrogens with two attached hydrogens (primary N) is 1. The fraction of sp³-hybridized carbons (Fsp3) is 0.143. The maximum atomic E-state index is 8.95. The fourth-order valence-corrected chi connectivity index (χ4v) is 1.26. The smallest absolute Gasteiger partial charge is 0.130 e. The molecule has 0 saturated heterocycles. The molecule has 0 aliphatic heterocycles. The van der Waals surface area contributed by atoms with Crippen molar-refractivity contribution in [3.63, 3.8) is 0 Å². The Kier molecular flexibility index (Phi) is 2.73. The molecule has 0 aliphatic carbocycles. The molecule has 1 atom stereocenters. The number of aliphatic hydroxyl groups excluding tert-OH is 1. The number of hydrogen-bond donors (Lipinski definition) is 2. The van der Waals surface area contributed by atoms with Crippen LogP contribution in [0.2, 0.25) is 10.0 Å². The highest BCUT2D eigenvalue weighted by Gasteiger charge is 2.05. The predicted molar refractivity (Wildman–Crippen MR) is 45.6 cm³/mol. The van der Waals surface area contributed by atoms with Crippen LogP contribution in [0.4, 0.5) is 0 Å². The Morgan fingerprint density at radius 3 is 2.45 bits per heavy atom. The van der Waals surface area contributed by atoms with Crippen molar-refractivity contribution in [1.82, 2.24) is 0 Å². The Balaban J connectivity index is 3.09. The summed E-state index contributed by atoms with van der Waals surface area (Å²) in [5, 5.41) is 9.85. The maximum absolute atomic E-state index is 8.95. The molecule has 0 fully saturated rings. The molecule has 1 aromatic rings. The summed E-state index contributed by atoms with van der Waals surface area (Å²) in [5.41, 5.74) is 5.68. The Hall–Kier alpha value is -0.280. The molecule has 4 heteroatoms. The summed E-state index contributed by atoms with van der Waals surface area (Å²) in [4.78, 5) is 0. The molecule has 0 aromatic heterocycles. The average molecular weight is 192 g/mol. The van der Waals surface area contributed by atoms with Crippen LogP contribution in [-0.2, 0) is 0 Å². The monoisotopic (exact) mass is 191 g/mol. The molecule has 11 heavy (non-hydrogen) atoms. The Morgan fingerprint density at radius 1 is 1.36 bits per heavy atom. The van der Waals surface area contributed by atoms with Gasteiger partial charge in [-0.15, -0.1) is 0 Å². The van der Waals surface area contributed by atoms with E-state index in [1.54, 1.807) is 12.1 Å². The van der Waals surface area contributed by atoms with Gasteiger partial charge in [0.15, 0.2) is 0 Å². The van der Waals surface area contributed by atoms with Crippen LogP contribution in [0, 0.1) is 0 Å². The van der Waals surface area contributed by atoms with Crippen molar-refractivity contribution in [2.24, 2.45) is 5.73 Å². The highest BCUT2D eigenvalue weighted by atomic mass is 35.5. The standard InChI is InChI=1S/C7H7Cl2NO/c8-4-1-2-5(7(10)11)6(9)3-4/h1-3,7,11H,10H2. The maximum Gasteiger partial charge on any atom is 0.130 e. The normalized spacial score (nSPS) is 13.1. The molecule has 0 spiro atoms. The van der Waals surface area contributed by atoms with Gasteiger partial charge in [-0.3, -0.25) is 0 Å². The highest BCUT2D eigenvalue weighted by Crippen LogP contribution is 2.23. The molecule has 0 amide bonds. The summed E-state index contributed by atoms with van der Waals surface area (Å²) >= 11 is 11.3. The first-order valence-corrected chi connectivity index (χ1v) is 3.75. The molecule has 0 saturated carbocycles. The summed E-state index contributed by atoms with van der Waals surface area (Å²) in [7, 11) is 0. The Bertz CT molecular complexity index is 263. The third-order valence-corrected chi connectivity index (χ3v) is 1.84. The number of rotatable bonds is 1. The summed E-state index contributed by atoms with van der Waals surface area (Å²) in [5.74, 6) is 0. The zero-order valence-electron chi connectivity index (χ0n) is 5.59. The first-order chi connectivity index (χ1) is 5.11. The minimum absolute atomic E-state index is 0.382. The molecule has 2 nitrogen and oxygen atoms in total. The van der Waals surface area contributed by atoms with Gasteiger partial charge in [0.2, 0.25) is 0 Å². The van der Waals surface area contributed by atoms with Crippen LogP contribution in [-0.4, -0.2) is 5.11 Å². The average Bonchev–Trinajstić information content (AvgIpc) is 1.85. The van der Waals surface area contributed by atoms with Crippen molar-refractivity contribution in [3.8, 4) is 0 Å². The number of halogens is 2. The molecular weight excluding hydrogens is 185 g/mol. The fourth-order valence-electron chi connectivity index (χ4n) is 0.741. The van der Waals surface area contributed by atoms with E-state index >= 15 is 0 Å². The van der Waals surface area contributed by atoms with E-state index in [0.717, 1.165) is 0 Å². The molecule has 0 heterocycles. The molecule has 1 rings (SSSR count). The van der Waals surface area contributed by atoms with E-state index in [9.17, 15) is 0 Å². The molecule has 0 radical (unpaired) electrons. The van der Waals surface area contributed by atoms with Crippen molar-refractivity contribution in [3.05, 3.63) is 33.8 Å². The minimum atomic E-state index is -1.04. The van der Waals surface area contributed by atoms with Crippen molar-refractivity contribution in [1.29, 1.82) is 0 Å². The SMILES string of the molecule is NC(O)c1ccc(Cl)cc1Cl. The van der Waals surface area contributed by atoms with Crippen molar-refractivity contribution < 1.29 is 5.11 Å². The lowest BCUT2D eigenvalue weighted by Gasteiger charge is -2.06. The lowest BCUT2D eigenvalue weighted by Crippen LogP contribution is -2.08. The summed E-state index contributed by atoms with van der Waals surface area (Å²) in [6, 6.07) is 4.75. The highest BCUT2D eigenvalue weighted by molar-refractivity contribution is 6.35. The van der Waals surface area contributed by atoms with Gasteiger partial charge in [0.25, 0.3) is 0 Å². The van der Waals surface area contributed by atoms with Crippen LogP contribution in [0.15, 0.2) is 18.2 Å². The number of hydrogen-bond acceptors (Lipinski definition) is 2. The second-order valence-corrected chi connectivity index (χ2v) is 2.95. The van der Waals surface area contributed by atoms with E-state index in [4.69, 9.17) is 34.0 Å². The van der Waals surface area contributed by atoms with Gasteiger partial charge >= 0.3 is 0 Å². The van der Waals surface area contributed by atoms with E-state index in [1.165, 1.54) is 6.07 Å². The number of benzene rings is 1. The van der Waals surface area contributed by atoms with Gasteiger partial charge in [-0.05, 0) is 12.1 Å². The van der Waals surface area contributed by atoms with E-state index in [0.29, 0.717) is 15.6 Å². The van der Waals surface area contributed by atoms with E-state index in [1.807, 2.05) is 0 Å². The third kappa shape index (κ3) is 2.07. The van der Waals surface area contributed by atoms with E-state index in [-0.39, 0.29) is 0 Å². The van der Waals surface area contributed by atoms with Gasteiger partial charge < -0.3 is 10.8 Å². The second kappa shape index (κ2) is 3.41. The quantitative estimate of drug-likeness (QED) is 0.668. The van der Waals surface area contributed by atoms with Crippen molar-refractivity contribution >= 4 is 23.2 Å². The molecule has 3 N–H and O–H groups in total. The van der Waals surface area contributed by atoms with Gasteiger partial charge in [0.1, 0.15) is 6.23 Å². The van der Waals surface area contributed by atoms with Crippen LogP contribution < -0.4 is 5.73 Å². The van der Waals surface area contributed by atoms with Gasteiger partial charge in [-0.25, -0.2) is 0 Å². The zero-order chi connectivity index (χ0) is 8.43. The largest absolute Gasteiger partial charge is 0.374 e. The van der Waals surface area contributed by atoms with Crippen LogP contribution >= 0.6 is 23.2 Å². The summed E-state index contributed by atoms with van der Waals surface area (Å²) in [6.45, 7) is 0. The lowest BCUT2D eigenvalue weighted by atomic mass is 10.2. The molecule has 1 aromatic carbocycles. The molecular formula is C7H7Cl2NO. The van der Waals surface area contributed by atoms with Crippen molar-refractivity contribution in [2.75, 3.05) is 0 Å². The Morgan fingerprint density at radius 2 is 2.00 bits per heavy atom. The number of aliphatic hydroxyl groups is 1. The van der Waals surface area contributed by atoms with Crippen molar-refractivity contribution in [2.45, 2.75) is 6.23 Å². The van der Waals surface area contributed by atoms with E-state index < -0.39 is 6.23 Å². The first kappa shape index (κ1) is 8.81. The summed E-state index contributed by atoms with van der Waals surface area (Å²) < 4.78 is 0. The van der Waals surface area contributed by atoms with Crippen LogP contribution in [0.5, 0.6) is 0 Å². The minimum Gasteiger partial charge on any atom is -0.374 e. The zero-order valence-corrected chi connectivity index (χ0v) is 7.10. The Labute approximate surface area is 74.5 Å². The molecule has 60 valence electrons.